The van der Waals surface area contributed by atoms with Gasteiger partial charge in [-0.3, -0.25) is 0 Å². The zero-order valence-electron chi connectivity index (χ0n) is 10.2. The van der Waals surface area contributed by atoms with E-state index in [-0.39, 0.29) is 17.7 Å². The maximum atomic E-state index is 13.6. The van der Waals surface area contributed by atoms with Crippen molar-refractivity contribution in [1.29, 1.82) is 0 Å². The summed E-state index contributed by atoms with van der Waals surface area (Å²) in [7, 11) is 1.90. The number of hydrogen-bond donors (Lipinski definition) is 1. The van der Waals surface area contributed by atoms with Gasteiger partial charge in [0, 0.05) is 6.04 Å². The van der Waals surface area contributed by atoms with Gasteiger partial charge in [0.15, 0.2) is 0 Å². The van der Waals surface area contributed by atoms with Gasteiger partial charge in [-0.2, -0.15) is 0 Å². The normalized spacial score (nSPS) is 18.5. The molecule has 1 aliphatic carbocycles. The molecule has 0 aromatic heterocycles. The highest BCUT2D eigenvalue weighted by molar-refractivity contribution is 5.20. The number of nitrogens with one attached hydrogen (secondary N) is 1. The number of rotatable bonds is 4. The molecule has 1 aromatic carbocycles. The van der Waals surface area contributed by atoms with Crippen LogP contribution in [0.3, 0.4) is 0 Å². The molecule has 1 nitrogen and oxygen atoms in total. The highest BCUT2D eigenvalue weighted by Gasteiger charge is 2.24. The van der Waals surface area contributed by atoms with Crippen molar-refractivity contribution >= 4 is 0 Å². The minimum absolute atomic E-state index is 0.258. The van der Waals surface area contributed by atoms with E-state index in [1.165, 1.54) is 43.9 Å². The molecule has 0 saturated heterocycles. The molecule has 1 unspecified atom stereocenters. The van der Waals surface area contributed by atoms with E-state index in [9.17, 15) is 8.78 Å². The van der Waals surface area contributed by atoms with Gasteiger partial charge in [0.2, 0.25) is 0 Å². The zero-order chi connectivity index (χ0) is 12.3. The van der Waals surface area contributed by atoms with Crippen LogP contribution in [0, 0.1) is 17.6 Å². The molecule has 0 spiro atoms. The van der Waals surface area contributed by atoms with Crippen molar-refractivity contribution in [3.8, 4) is 0 Å². The van der Waals surface area contributed by atoms with Crippen LogP contribution >= 0.6 is 0 Å². The fourth-order valence-corrected chi connectivity index (χ4v) is 2.80. The van der Waals surface area contributed by atoms with E-state index in [2.05, 4.69) is 5.32 Å². The third-order valence-corrected chi connectivity index (χ3v) is 3.79. The summed E-state index contributed by atoms with van der Waals surface area (Å²) in [6.45, 7) is 0. The molecule has 1 atom stereocenters. The molecule has 17 heavy (non-hydrogen) atoms. The minimum atomic E-state index is -0.359. The summed E-state index contributed by atoms with van der Waals surface area (Å²) in [5.74, 6) is -0.0602. The molecule has 1 fully saturated rings. The lowest BCUT2D eigenvalue weighted by atomic mass is 9.92. The summed E-state index contributed by atoms with van der Waals surface area (Å²) in [5, 5.41) is 3.25. The molecule has 1 saturated carbocycles. The average Bonchev–Trinajstić information content (AvgIpc) is 2.84. The van der Waals surface area contributed by atoms with Crippen molar-refractivity contribution in [2.45, 2.75) is 38.1 Å². The standard InChI is InChI=1S/C14H19F2N/c1-17-14(10-4-2-3-5-10)9-11-8-12(15)6-7-13(11)16/h6-8,10,14,17H,2-5,9H2,1H3. The Kier molecular flexibility index (Phi) is 4.11. The minimum Gasteiger partial charge on any atom is -0.316 e. The second kappa shape index (κ2) is 5.58. The second-order valence-corrected chi connectivity index (χ2v) is 4.88. The van der Waals surface area contributed by atoms with E-state index in [4.69, 9.17) is 0 Å². The Morgan fingerprint density at radius 1 is 1.29 bits per heavy atom. The first kappa shape index (κ1) is 12.5. The highest BCUT2D eigenvalue weighted by Crippen LogP contribution is 2.29. The summed E-state index contributed by atoms with van der Waals surface area (Å²) in [6.07, 6.45) is 5.48. The summed E-state index contributed by atoms with van der Waals surface area (Å²) in [6, 6.07) is 3.96. The molecule has 0 aliphatic heterocycles. The number of hydrogen-bond acceptors (Lipinski definition) is 1. The predicted octanol–water partition coefficient (Wildman–Crippen LogP) is 3.29. The number of likely N-dealkylation sites (N-methyl/N-ethyl adjacent to an activating group) is 1. The van der Waals surface area contributed by atoms with Gasteiger partial charge in [-0.05, 0) is 56.0 Å². The fourth-order valence-electron chi connectivity index (χ4n) is 2.80. The number of benzene rings is 1. The maximum Gasteiger partial charge on any atom is 0.126 e. The molecule has 2 rings (SSSR count). The molecule has 0 bridgehead atoms. The summed E-state index contributed by atoms with van der Waals surface area (Å²) < 4.78 is 26.7. The van der Waals surface area contributed by atoms with Gasteiger partial charge in [0.05, 0.1) is 0 Å². The molecule has 0 amide bonds. The first-order chi connectivity index (χ1) is 8.20. The van der Waals surface area contributed by atoms with Crippen LogP contribution in [0.15, 0.2) is 18.2 Å². The summed E-state index contributed by atoms with van der Waals surface area (Å²) in [4.78, 5) is 0. The van der Waals surface area contributed by atoms with E-state index in [0.717, 1.165) is 0 Å². The number of halogens is 2. The van der Waals surface area contributed by atoms with E-state index in [1.807, 2.05) is 7.05 Å². The van der Waals surface area contributed by atoms with Crippen LogP contribution in [-0.2, 0) is 6.42 Å². The molecule has 1 N–H and O–H groups in total. The SMILES string of the molecule is CNC(Cc1cc(F)ccc1F)C1CCCC1. The van der Waals surface area contributed by atoms with Crippen LogP contribution in [0.2, 0.25) is 0 Å². The molecular weight excluding hydrogens is 220 g/mol. The van der Waals surface area contributed by atoms with Gasteiger partial charge in [-0.25, -0.2) is 8.78 Å². The fraction of sp³-hybridized carbons (Fsp3) is 0.571. The lowest BCUT2D eigenvalue weighted by Crippen LogP contribution is -2.34. The van der Waals surface area contributed by atoms with Crippen molar-refractivity contribution in [1.82, 2.24) is 5.32 Å². The third-order valence-electron chi connectivity index (χ3n) is 3.79. The smallest absolute Gasteiger partial charge is 0.126 e. The third kappa shape index (κ3) is 3.03. The van der Waals surface area contributed by atoms with Gasteiger partial charge in [0.25, 0.3) is 0 Å². The molecular formula is C14H19F2N. The molecule has 94 valence electrons. The van der Waals surface area contributed by atoms with Crippen LogP contribution in [0.4, 0.5) is 8.78 Å². The van der Waals surface area contributed by atoms with Crippen LogP contribution in [0.5, 0.6) is 0 Å². The summed E-state index contributed by atoms with van der Waals surface area (Å²) >= 11 is 0. The first-order valence-corrected chi connectivity index (χ1v) is 6.32. The van der Waals surface area contributed by atoms with Crippen LogP contribution in [0.25, 0.3) is 0 Å². The predicted molar refractivity (Wildman–Crippen MR) is 64.9 cm³/mol. The van der Waals surface area contributed by atoms with Crippen LogP contribution < -0.4 is 5.32 Å². The van der Waals surface area contributed by atoms with Gasteiger partial charge >= 0.3 is 0 Å². The van der Waals surface area contributed by atoms with E-state index in [1.54, 1.807) is 0 Å². The van der Waals surface area contributed by atoms with Gasteiger partial charge in [0.1, 0.15) is 11.6 Å². The zero-order valence-corrected chi connectivity index (χ0v) is 10.2. The van der Waals surface area contributed by atoms with Crippen LogP contribution in [0.1, 0.15) is 31.2 Å². The Labute approximate surface area is 101 Å². The lowest BCUT2D eigenvalue weighted by Gasteiger charge is -2.23. The Hall–Kier alpha value is -0.960. The quantitative estimate of drug-likeness (QED) is 0.850. The Bertz CT molecular complexity index is 372. The van der Waals surface area contributed by atoms with E-state index in [0.29, 0.717) is 17.9 Å². The monoisotopic (exact) mass is 239 g/mol. The van der Waals surface area contributed by atoms with E-state index >= 15 is 0 Å². The van der Waals surface area contributed by atoms with Gasteiger partial charge < -0.3 is 5.32 Å². The Morgan fingerprint density at radius 3 is 2.65 bits per heavy atom. The summed E-state index contributed by atoms with van der Waals surface area (Å²) in [5.41, 5.74) is 0.483. The Morgan fingerprint density at radius 2 is 2.00 bits per heavy atom. The van der Waals surface area contributed by atoms with E-state index < -0.39 is 0 Å². The lowest BCUT2D eigenvalue weighted by molar-refractivity contribution is 0.372. The van der Waals surface area contributed by atoms with Crippen molar-refractivity contribution in [3.63, 3.8) is 0 Å². The molecule has 3 heteroatoms. The first-order valence-electron chi connectivity index (χ1n) is 6.32. The molecule has 1 aliphatic rings. The van der Waals surface area contributed by atoms with Crippen molar-refractivity contribution < 1.29 is 8.78 Å². The highest BCUT2D eigenvalue weighted by atomic mass is 19.1. The molecule has 0 radical (unpaired) electrons. The molecule has 1 aromatic rings. The topological polar surface area (TPSA) is 12.0 Å². The van der Waals surface area contributed by atoms with Gasteiger partial charge in [-0.1, -0.05) is 12.8 Å². The van der Waals surface area contributed by atoms with Crippen molar-refractivity contribution in [2.24, 2.45) is 5.92 Å². The van der Waals surface area contributed by atoms with Crippen molar-refractivity contribution in [2.75, 3.05) is 7.05 Å². The average molecular weight is 239 g/mol. The van der Waals surface area contributed by atoms with Crippen LogP contribution in [-0.4, -0.2) is 13.1 Å². The van der Waals surface area contributed by atoms with Crippen molar-refractivity contribution in [3.05, 3.63) is 35.4 Å². The maximum absolute atomic E-state index is 13.6. The molecule has 0 heterocycles. The second-order valence-electron chi connectivity index (χ2n) is 4.88. The Balaban J connectivity index is 2.09. The van der Waals surface area contributed by atoms with Gasteiger partial charge in [-0.15, -0.1) is 0 Å². The largest absolute Gasteiger partial charge is 0.316 e.